The van der Waals surface area contributed by atoms with Gasteiger partial charge in [-0.1, -0.05) is 0 Å². The van der Waals surface area contributed by atoms with Crippen LogP contribution in [0.15, 0.2) is 0 Å². The van der Waals surface area contributed by atoms with Gasteiger partial charge in [0, 0.05) is 25.2 Å². The molecule has 0 spiro atoms. The summed E-state index contributed by atoms with van der Waals surface area (Å²) in [7, 11) is 0. The van der Waals surface area contributed by atoms with Crippen LogP contribution < -0.4 is 5.73 Å². The van der Waals surface area contributed by atoms with Crippen molar-refractivity contribution in [2.24, 2.45) is 11.7 Å². The van der Waals surface area contributed by atoms with Gasteiger partial charge >= 0.3 is 0 Å². The van der Waals surface area contributed by atoms with Crippen molar-refractivity contribution in [2.45, 2.75) is 57.7 Å². The summed E-state index contributed by atoms with van der Waals surface area (Å²) in [5.41, 5.74) is 5.79. The maximum Gasteiger partial charge on any atom is 0.0604 e. The largest absolute Gasteiger partial charge is 0.378 e. The zero-order valence-corrected chi connectivity index (χ0v) is 10.7. The second-order valence-electron chi connectivity index (χ2n) is 5.43. The average Bonchev–Trinajstić information content (AvgIpc) is 2.24. The molecule has 0 aromatic heterocycles. The summed E-state index contributed by atoms with van der Waals surface area (Å²) in [5, 5.41) is 0. The highest BCUT2D eigenvalue weighted by molar-refractivity contribution is 4.93. The van der Waals surface area contributed by atoms with Crippen LogP contribution in [0.25, 0.3) is 0 Å². The zero-order chi connectivity index (χ0) is 11.5. The Kier molecular flexibility index (Phi) is 4.22. The van der Waals surface area contributed by atoms with Gasteiger partial charge in [0.2, 0.25) is 0 Å². The first-order valence-corrected chi connectivity index (χ1v) is 6.82. The second kappa shape index (κ2) is 5.48. The highest BCUT2D eigenvalue weighted by Crippen LogP contribution is 2.33. The average molecular weight is 226 g/mol. The lowest BCUT2D eigenvalue weighted by molar-refractivity contribution is -0.0680. The molecule has 1 aliphatic heterocycles. The Balaban J connectivity index is 1.80. The van der Waals surface area contributed by atoms with Crippen LogP contribution in [0.4, 0.5) is 0 Å². The third kappa shape index (κ3) is 2.58. The van der Waals surface area contributed by atoms with Crippen molar-refractivity contribution in [3.63, 3.8) is 0 Å². The summed E-state index contributed by atoms with van der Waals surface area (Å²) in [6, 6.07) is 1.51. The first-order chi connectivity index (χ1) is 7.74. The van der Waals surface area contributed by atoms with E-state index in [1.165, 1.54) is 32.2 Å². The number of ether oxygens (including phenoxy) is 1. The number of piperidine rings is 1. The number of rotatable bonds is 4. The molecular weight excluding hydrogens is 200 g/mol. The molecule has 0 bridgehead atoms. The van der Waals surface area contributed by atoms with Crippen molar-refractivity contribution in [1.29, 1.82) is 0 Å². The number of hydrogen-bond acceptors (Lipinski definition) is 3. The van der Waals surface area contributed by atoms with Gasteiger partial charge in [0.25, 0.3) is 0 Å². The van der Waals surface area contributed by atoms with Gasteiger partial charge < -0.3 is 10.5 Å². The maximum absolute atomic E-state index is 5.79. The van der Waals surface area contributed by atoms with Crippen molar-refractivity contribution in [1.82, 2.24) is 4.90 Å². The van der Waals surface area contributed by atoms with E-state index in [0.717, 1.165) is 31.2 Å². The summed E-state index contributed by atoms with van der Waals surface area (Å²) in [6.07, 6.45) is 5.62. The van der Waals surface area contributed by atoms with Crippen molar-refractivity contribution in [3.8, 4) is 0 Å². The molecule has 0 aromatic rings. The van der Waals surface area contributed by atoms with E-state index < -0.39 is 0 Å². The molecule has 2 rings (SSSR count). The molecule has 1 heterocycles. The first-order valence-electron chi connectivity index (χ1n) is 6.82. The van der Waals surface area contributed by atoms with Gasteiger partial charge in [-0.2, -0.15) is 0 Å². The Morgan fingerprint density at radius 2 is 2.06 bits per heavy atom. The summed E-state index contributed by atoms with van der Waals surface area (Å²) in [4.78, 5) is 2.68. The molecule has 0 radical (unpaired) electrons. The molecule has 2 N–H and O–H groups in total. The molecule has 94 valence electrons. The third-order valence-electron chi connectivity index (χ3n) is 4.30. The zero-order valence-electron chi connectivity index (χ0n) is 10.7. The van der Waals surface area contributed by atoms with E-state index in [-0.39, 0.29) is 0 Å². The van der Waals surface area contributed by atoms with Gasteiger partial charge in [-0.05, 0) is 52.0 Å². The van der Waals surface area contributed by atoms with E-state index in [0.29, 0.717) is 6.10 Å². The second-order valence-corrected chi connectivity index (χ2v) is 5.43. The molecule has 0 aromatic carbocycles. The number of nitrogens with two attached hydrogens (primary N) is 1. The van der Waals surface area contributed by atoms with Gasteiger partial charge in [-0.15, -0.1) is 0 Å². The minimum atomic E-state index is 0.528. The topological polar surface area (TPSA) is 38.5 Å². The number of likely N-dealkylation sites (tertiary alicyclic amines) is 1. The van der Waals surface area contributed by atoms with Crippen LogP contribution in [0.3, 0.4) is 0 Å². The van der Waals surface area contributed by atoms with E-state index in [4.69, 9.17) is 10.5 Å². The predicted octanol–water partition coefficient (Wildman–Crippen LogP) is 1.61. The molecular formula is C13H26N2O. The molecule has 2 atom stereocenters. The lowest BCUT2D eigenvalue weighted by Crippen LogP contribution is -2.55. The van der Waals surface area contributed by atoms with Crippen LogP contribution in [0, 0.1) is 5.92 Å². The lowest BCUT2D eigenvalue weighted by atomic mass is 9.83. The highest BCUT2D eigenvalue weighted by atomic mass is 16.5. The Morgan fingerprint density at radius 1 is 1.31 bits per heavy atom. The molecule has 1 saturated carbocycles. The van der Waals surface area contributed by atoms with E-state index in [1.54, 1.807) is 0 Å². The number of nitrogens with zero attached hydrogens (tertiary/aromatic N) is 1. The van der Waals surface area contributed by atoms with E-state index in [1.807, 2.05) is 0 Å². The monoisotopic (exact) mass is 226 g/mol. The van der Waals surface area contributed by atoms with Crippen LogP contribution in [0.2, 0.25) is 0 Å². The van der Waals surface area contributed by atoms with Crippen molar-refractivity contribution in [3.05, 3.63) is 0 Å². The number of hydrogen-bond donors (Lipinski definition) is 1. The lowest BCUT2D eigenvalue weighted by Gasteiger charge is -2.49. The minimum absolute atomic E-state index is 0.528. The van der Waals surface area contributed by atoms with E-state index in [2.05, 4.69) is 18.7 Å². The van der Waals surface area contributed by atoms with Gasteiger partial charge in [0.05, 0.1) is 6.10 Å². The fourth-order valence-electron chi connectivity index (χ4n) is 3.09. The molecule has 16 heavy (non-hydrogen) atoms. The smallest absolute Gasteiger partial charge is 0.0604 e. The quantitative estimate of drug-likeness (QED) is 0.791. The molecule has 2 aliphatic rings. The Labute approximate surface area is 99.3 Å². The van der Waals surface area contributed by atoms with Gasteiger partial charge in [0.1, 0.15) is 0 Å². The predicted molar refractivity (Wildman–Crippen MR) is 66.4 cm³/mol. The normalized spacial score (nSPS) is 40.7. The third-order valence-corrected chi connectivity index (χ3v) is 4.30. The maximum atomic E-state index is 5.79. The Morgan fingerprint density at radius 3 is 2.69 bits per heavy atom. The minimum Gasteiger partial charge on any atom is -0.378 e. The van der Waals surface area contributed by atoms with E-state index >= 15 is 0 Å². The first kappa shape index (κ1) is 12.3. The van der Waals surface area contributed by atoms with Gasteiger partial charge in [-0.3, -0.25) is 4.90 Å². The molecule has 1 aliphatic carbocycles. The SMILES string of the molecule is CCOC1CC(N2CC(CN)CCC2C)C1. The molecule has 3 heteroatoms. The molecule has 2 unspecified atom stereocenters. The fourth-order valence-corrected chi connectivity index (χ4v) is 3.09. The van der Waals surface area contributed by atoms with E-state index in [9.17, 15) is 0 Å². The standard InChI is InChI=1S/C13H26N2O/c1-3-16-13-6-12(7-13)15-9-11(8-14)5-4-10(15)2/h10-13H,3-9,14H2,1-2H3. The van der Waals surface area contributed by atoms with Crippen molar-refractivity contribution < 1.29 is 4.74 Å². The van der Waals surface area contributed by atoms with Crippen molar-refractivity contribution in [2.75, 3.05) is 19.7 Å². The molecule has 0 amide bonds. The summed E-state index contributed by atoms with van der Waals surface area (Å²) in [6.45, 7) is 7.37. The van der Waals surface area contributed by atoms with Crippen LogP contribution in [0.5, 0.6) is 0 Å². The van der Waals surface area contributed by atoms with Gasteiger partial charge in [-0.25, -0.2) is 0 Å². The molecule has 3 nitrogen and oxygen atoms in total. The van der Waals surface area contributed by atoms with Crippen LogP contribution >= 0.6 is 0 Å². The Hall–Kier alpha value is -0.120. The van der Waals surface area contributed by atoms with Gasteiger partial charge in [0.15, 0.2) is 0 Å². The van der Waals surface area contributed by atoms with Crippen LogP contribution in [0.1, 0.15) is 39.5 Å². The summed E-state index contributed by atoms with van der Waals surface area (Å²) in [5.74, 6) is 0.724. The highest BCUT2D eigenvalue weighted by Gasteiger charge is 2.38. The summed E-state index contributed by atoms with van der Waals surface area (Å²) >= 11 is 0. The van der Waals surface area contributed by atoms with Crippen LogP contribution in [-0.2, 0) is 4.74 Å². The molecule has 1 saturated heterocycles. The van der Waals surface area contributed by atoms with Crippen molar-refractivity contribution >= 4 is 0 Å². The fraction of sp³-hybridized carbons (Fsp3) is 1.00. The Bertz CT molecular complexity index is 216. The molecule has 2 fully saturated rings. The summed E-state index contributed by atoms with van der Waals surface area (Å²) < 4.78 is 5.64. The van der Waals surface area contributed by atoms with Crippen LogP contribution in [-0.4, -0.2) is 42.8 Å².